The van der Waals surface area contributed by atoms with Gasteiger partial charge in [-0.25, -0.2) is 4.79 Å². The molecule has 1 aromatic heterocycles. The second-order valence-corrected chi connectivity index (χ2v) is 5.58. The van der Waals surface area contributed by atoms with Crippen LogP contribution >= 0.6 is 11.3 Å². The number of imide groups is 1. The molecule has 6 heteroatoms. The van der Waals surface area contributed by atoms with Gasteiger partial charge in [0.25, 0.3) is 5.91 Å². The highest BCUT2D eigenvalue weighted by Gasteiger charge is 2.23. The Balaban J connectivity index is 2.13. The molecule has 2 rings (SSSR count). The maximum atomic E-state index is 12.4. The van der Waals surface area contributed by atoms with Gasteiger partial charge in [-0.2, -0.15) is 0 Å². The normalized spacial score (nSPS) is 10.5. The monoisotopic (exact) mass is 328 g/mol. The first-order valence-corrected chi connectivity index (χ1v) is 7.81. The van der Waals surface area contributed by atoms with Crippen LogP contribution in [-0.2, 0) is 9.59 Å². The molecule has 23 heavy (non-hydrogen) atoms. The number of nitrogens with zero attached hydrogens (tertiary/aromatic N) is 2. The number of carbonyl (C=O) groups excluding carboxylic acids is 3. The van der Waals surface area contributed by atoms with E-state index in [-0.39, 0.29) is 6.54 Å². The van der Waals surface area contributed by atoms with Gasteiger partial charge in [-0.05, 0) is 29.2 Å². The summed E-state index contributed by atoms with van der Waals surface area (Å²) in [7, 11) is 1.57. The summed E-state index contributed by atoms with van der Waals surface area (Å²) in [6, 6.07) is 12.3. The van der Waals surface area contributed by atoms with Crippen LogP contribution < -0.4 is 4.90 Å². The van der Waals surface area contributed by atoms with E-state index in [9.17, 15) is 14.4 Å². The first kappa shape index (κ1) is 16.6. The van der Waals surface area contributed by atoms with E-state index < -0.39 is 11.9 Å². The van der Waals surface area contributed by atoms with Crippen LogP contribution in [0.1, 0.15) is 5.56 Å². The molecule has 0 saturated carbocycles. The molecule has 1 heterocycles. The molecule has 0 aliphatic rings. The minimum atomic E-state index is -0.540. The topological polar surface area (TPSA) is 57.7 Å². The molecule has 0 aliphatic carbocycles. The van der Waals surface area contributed by atoms with Crippen molar-refractivity contribution in [1.29, 1.82) is 0 Å². The summed E-state index contributed by atoms with van der Waals surface area (Å²) in [6.07, 6.45) is 3.44. The van der Waals surface area contributed by atoms with Crippen LogP contribution in [0.3, 0.4) is 0 Å². The molecule has 2 aromatic rings. The quantitative estimate of drug-likeness (QED) is 0.626. The third-order valence-corrected chi connectivity index (χ3v) is 4.04. The highest BCUT2D eigenvalue weighted by atomic mass is 32.1. The summed E-state index contributed by atoms with van der Waals surface area (Å²) >= 11 is 1.38. The Bertz CT molecular complexity index is 696. The van der Waals surface area contributed by atoms with Gasteiger partial charge in [0.15, 0.2) is 0 Å². The minimum Gasteiger partial charge on any atom is -0.301 e. The summed E-state index contributed by atoms with van der Waals surface area (Å²) in [6.45, 7) is -0.285. The third-order valence-electron chi connectivity index (χ3n) is 3.10. The van der Waals surface area contributed by atoms with Gasteiger partial charge in [-0.15, -0.1) is 11.3 Å². The standard InChI is InChI=1S/C17H16N2O3S/c1-18(16-8-5-13-23-16)17(22)19(11-12-20)15(21)10-9-14-6-3-2-4-7-14/h2-10,12-13H,11H2,1H3. The van der Waals surface area contributed by atoms with E-state index in [0.717, 1.165) is 10.5 Å². The van der Waals surface area contributed by atoms with E-state index in [1.165, 1.54) is 22.3 Å². The first-order valence-electron chi connectivity index (χ1n) is 6.93. The molecule has 0 bridgehead atoms. The number of benzene rings is 1. The Hall–Kier alpha value is -2.73. The van der Waals surface area contributed by atoms with Crippen LogP contribution in [-0.4, -0.2) is 36.7 Å². The van der Waals surface area contributed by atoms with Crippen LogP contribution in [0.25, 0.3) is 6.08 Å². The average molecular weight is 328 g/mol. The van der Waals surface area contributed by atoms with Crippen molar-refractivity contribution in [3.05, 3.63) is 59.5 Å². The Morgan fingerprint density at radius 3 is 2.48 bits per heavy atom. The van der Waals surface area contributed by atoms with Gasteiger partial charge in [0.05, 0.1) is 11.5 Å². The second kappa shape index (κ2) is 8.05. The van der Waals surface area contributed by atoms with Gasteiger partial charge < -0.3 is 4.79 Å². The van der Waals surface area contributed by atoms with E-state index in [0.29, 0.717) is 11.3 Å². The van der Waals surface area contributed by atoms with Gasteiger partial charge in [0.1, 0.15) is 6.29 Å². The van der Waals surface area contributed by atoms with Gasteiger partial charge in [-0.3, -0.25) is 14.6 Å². The number of rotatable bonds is 5. The van der Waals surface area contributed by atoms with E-state index in [4.69, 9.17) is 0 Å². The Morgan fingerprint density at radius 1 is 1.13 bits per heavy atom. The Labute approximate surface area is 138 Å². The number of anilines is 1. The average Bonchev–Trinajstić information content (AvgIpc) is 3.11. The lowest BCUT2D eigenvalue weighted by Gasteiger charge is -2.23. The van der Waals surface area contributed by atoms with Gasteiger partial charge >= 0.3 is 6.03 Å². The number of amides is 3. The molecule has 3 amide bonds. The van der Waals surface area contributed by atoms with E-state index in [1.807, 2.05) is 41.8 Å². The number of hydrogen-bond donors (Lipinski definition) is 0. The van der Waals surface area contributed by atoms with E-state index >= 15 is 0 Å². The summed E-state index contributed by atoms with van der Waals surface area (Å²) in [5.41, 5.74) is 0.839. The largest absolute Gasteiger partial charge is 0.332 e. The van der Waals surface area contributed by atoms with E-state index in [2.05, 4.69) is 0 Å². The van der Waals surface area contributed by atoms with Crippen LogP contribution in [0.2, 0.25) is 0 Å². The molecule has 0 unspecified atom stereocenters. The lowest BCUT2D eigenvalue weighted by atomic mass is 10.2. The molecule has 0 saturated heterocycles. The summed E-state index contributed by atoms with van der Waals surface area (Å²) in [5, 5.41) is 2.53. The number of urea groups is 1. The minimum absolute atomic E-state index is 0.285. The summed E-state index contributed by atoms with van der Waals surface area (Å²) in [5.74, 6) is -0.533. The van der Waals surface area contributed by atoms with Gasteiger partial charge in [0, 0.05) is 13.1 Å². The smallest absolute Gasteiger partial charge is 0.301 e. The maximum absolute atomic E-state index is 12.4. The van der Waals surface area contributed by atoms with Gasteiger partial charge in [-0.1, -0.05) is 30.3 Å². The number of thiophene rings is 1. The molecule has 118 valence electrons. The molecule has 0 atom stereocenters. The van der Waals surface area contributed by atoms with Crippen molar-refractivity contribution in [3.8, 4) is 0 Å². The second-order valence-electron chi connectivity index (χ2n) is 4.65. The lowest BCUT2D eigenvalue weighted by molar-refractivity contribution is -0.125. The zero-order chi connectivity index (χ0) is 16.7. The molecule has 5 nitrogen and oxygen atoms in total. The highest BCUT2D eigenvalue weighted by Crippen LogP contribution is 2.21. The molecule has 0 radical (unpaired) electrons. The third kappa shape index (κ3) is 4.37. The SMILES string of the molecule is CN(C(=O)N(CC=O)C(=O)C=Cc1ccccc1)c1cccs1. The molecule has 0 fully saturated rings. The fraction of sp³-hybridized carbons (Fsp3) is 0.118. The van der Waals surface area contributed by atoms with Crippen molar-refractivity contribution >= 4 is 40.6 Å². The fourth-order valence-corrected chi connectivity index (χ4v) is 2.58. The molecular formula is C17H16N2O3S. The van der Waals surface area contributed by atoms with Crippen molar-refractivity contribution in [2.24, 2.45) is 0 Å². The predicted octanol–water partition coefficient (Wildman–Crippen LogP) is 3.05. The van der Waals surface area contributed by atoms with Crippen LogP contribution in [0, 0.1) is 0 Å². The number of carbonyl (C=O) groups is 3. The maximum Gasteiger partial charge on any atom is 0.332 e. The number of hydrogen-bond acceptors (Lipinski definition) is 4. The summed E-state index contributed by atoms with van der Waals surface area (Å²) in [4.78, 5) is 37.8. The van der Waals surface area contributed by atoms with Crippen LogP contribution in [0.5, 0.6) is 0 Å². The van der Waals surface area contributed by atoms with Gasteiger partial charge in [0.2, 0.25) is 0 Å². The van der Waals surface area contributed by atoms with Crippen LogP contribution in [0.4, 0.5) is 9.80 Å². The summed E-state index contributed by atoms with van der Waals surface area (Å²) < 4.78 is 0. The zero-order valence-electron chi connectivity index (χ0n) is 12.6. The van der Waals surface area contributed by atoms with Crippen molar-refractivity contribution in [3.63, 3.8) is 0 Å². The predicted molar refractivity (Wildman–Crippen MR) is 91.4 cm³/mol. The first-order chi connectivity index (χ1) is 11.1. The lowest BCUT2D eigenvalue weighted by Crippen LogP contribution is -2.44. The fourth-order valence-electron chi connectivity index (χ4n) is 1.89. The zero-order valence-corrected chi connectivity index (χ0v) is 13.4. The van der Waals surface area contributed by atoms with E-state index in [1.54, 1.807) is 19.2 Å². The van der Waals surface area contributed by atoms with Crippen LogP contribution in [0.15, 0.2) is 53.9 Å². The molecule has 0 spiro atoms. The Kier molecular flexibility index (Phi) is 5.82. The van der Waals surface area contributed by atoms with Crippen molar-refractivity contribution in [2.45, 2.75) is 0 Å². The van der Waals surface area contributed by atoms with Crippen molar-refractivity contribution < 1.29 is 14.4 Å². The Morgan fingerprint density at radius 2 is 1.87 bits per heavy atom. The van der Waals surface area contributed by atoms with Crippen molar-refractivity contribution in [2.75, 3.05) is 18.5 Å². The molecule has 0 N–H and O–H groups in total. The molecular weight excluding hydrogens is 312 g/mol. The number of aldehydes is 1. The molecule has 0 aliphatic heterocycles. The highest BCUT2D eigenvalue weighted by molar-refractivity contribution is 7.14. The molecule has 1 aromatic carbocycles. The van der Waals surface area contributed by atoms with Crippen molar-refractivity contribution in [1.82, 2.24) is 4.90 Å².